The maximum Gasteiger partial charge on any atom is 0.263 e. The first kappa shape index (κ1) is 16.9. The number of hydrogen-bond donors (Lipinski definition) is 2. The Balaban J connectivity index is 1.60. The van der Waals surface area contributed by atoms with Gasteiger partial charge in [0.25, 0.3) is 5.91 Å². The zero-order chi connectivity index (χ0) is 16.4. The van der Waals surface area contributed by atoms with Gasteiger partial charge >= 0.3 is 0 Å². The Labute approximate surface area is 141 Å². The third-order valence-electron chi connectivity index (χ3n) is 5.10. The molecule has 5 nitrogen and oxygen atoms in total. The van der Waals surface area contributed by atoms with Crippen molar-refractivity contribution in [3.8, 4) is 0 Å². The van der Waals surface area contributed by atoms with Crippen LogP contribution in [0.3, 0.4) is 0 Å². The standard InChI is InChI=1S/C17H26N2O3S/c1-12-2-3-16(23-12)17(22)19-9-13(14(10-19)11-20)8-18-6-4-15(21)5-7-18/h2-3,13-15,20-21H,4-11H2,1H3/t13-,14-/m1/s1. The Morgan fingerprint density at radius 2 is 1.96 bits per heavy atom. The summed E-state index contributed by atoms with van der Waals surface area (Å²) in [7, 11) is 0. The van der Waals surface area contributed by atoms with E-state index < -0.39 is 0 Å². The molecular formula is C17H26N2O3S. The lowest BCUT2D eigenvalue weighted by Crippen LogP contribution is -2.40. The number of thiophene rings is 1. The number of amides is 1. The minimum absolute atomic E-state index is 0.0955. The van der Waals surface area contributed by atoms with Crippen molar-refractivity contribution < 1.29 is 15.0 Å². The van der Waals surface area contributed by atoms with Crippen LogP contribution in [-0.4, -0.2) is 71.4 Å². The van der Waals surface area contributed by atoms with Crippen molar-refractivity contribution in [3.05, 3.63) is 21.9 Å². The van der Waals surface area contributed by atoms with Crippen LogP contribution in [-0.2, 0) is 0 Å². The van der Waals surface area contributed by atoms with Crippen molar-refractivity contribution in [2.45, 2.75) is 25.9 Å². The minimum Gasteiger partial charge on any atom is -0.396 e. The number of aliphatic hydroxyl groups excluding tert-OH is 2. The lowest BCUT2D eigenvalue weighted by atomic mass is 9.95. The number of aliphatic hydroxyl groups is 2. The van der Waals surface area contributed by atoms with Crippen LogP contribution in [0, 0.1) is 18.8 Å². The summed E-state index contributed by atoms with van der Waals surface area (Å²) < 4.78 is 0. The predicted molar refractivity (Wildman–Crippen MR) is 90.7 cm³/mol. The van der Waals surface area contributed by atoms with Gasteiger partial charge in [0, 0.05) is 50.1 Å². The van der Waals surface area contributed by atoms with Gasteiger partial charge in [-0.2, -0.15) is 0 Å². The zero-order valence-electron chi connectivity index (χ0n) is 13.6. The van der Waals surface area contributed by atoms with Crippen LogP contribution >= 0.6 is 11.3 Å². The van der Waals surface area contributed by atoms with Gasteiger partial charge in [-0.25, -0.2) is 0 Å². The highest BCUT2D eigenvalue weighted by atomic mass is 32.1. The van der Waals surface area contributed by atoms with Gasteiger partial charge in [-0.05, 0) is 37.8 Å². The molecule has 6 heteroatoms. The summed E-state index contributed by atoms with van der Waals surface area (Å²) in [4.78, 5) is 18.8. The molecule has 1 amide bonds. The third kappa shape index (κ3) is 3.94. The molecule has 0 aliphatic carbocycles. The fourth-order valence-corrected chi connectivity index (χ4v) is 4.49. The molecule has 0 unspecified atom stereocenters. The molecular weight excluding hydrogens is 312 g/mol. The molecule has 0 aromatic carbocycles. The Bertz CT molecular complexity index is 540. The van der Waals surface area contributed by atoms with E-state index >= 15 is 0 Å². The summed E-state index contributed by atoms with van der Waals surface area (Å²) >= 11 is 1.54. The first-order valence-corrected chi connectivity index (χ1v) is 9.25. The van der Waals surface area contributed by atoms with Gasteiger partial charge in [0.05, 0.1) is 11.0 Å². The lowest BCUT2D eigenvalue weighted by Gasteiger charge is -2.32. The van der Waals surface area contributed by atoms with Crippen molar-refractivity contribution in [1.29, 1.82) is 0 Å². The molecule has 2 atom stereocenters. The Kier molecular flexibility index (Phi) is 5.36. The number of carbonyl (C=O) groups excluding carboxylic acids is 1. The fraction of sp³-hybridized carbons (Fsp3) is 0.706. The van der Waals surface area contributed by atoms with Gasteiger partial charge in [0.15, 0.2) is 0 Å². The second-order valence-electron chi connectivity index (χ2n) is 6.85. The highest BCUT2D eigenvalue weighted by Crippen LogP contribution is 2.28. The van der Waals surface area contributed by atoms with E-state index in [1.54, 1.807) is 0 Å². The summed E-state index contributed by atoms with van der Waals surface area (Å²) in [5.41, 5.74) is 0. The molecule has 3 heterocycles. The van der Waals surface area contributed by atoms with Gasteiger partial charge < -0.3 is 20.0 Å². The predicted octanol–water partition coefficient (Wildman–Crippen LogP) is 1.19. The maximum absolute atomic E-state index is 12.6. The second-order valence-corrected chi connectivity index (χ2v) is 8.14. The molecule has 3 rings (SSSR count). The Hall–Kier alpha value is -0.950. The van der Waals surface area contributed by atoms with E-state index in [0.29, 0.717) is 12.5 Å². The normalized spacial score (nSPS) is 26.8. The van der Waals surface area contributed by atoms with Crippen LogP contribution in [0.15, 0.2) is 12.1 Å². The molecule has 23 heavy (non-hydrogen) atoms. The van der Waals surface area contributed by atoms with Gasteiger partial charge in [-0.3, -0.25) is 4.79 Å². The molecule has 2 N–H and O–H groups in total. The van der Waals surface area contributed by atoms with Gasteiger partial charge in [-0.15, -0.1) is 11.3 Å². The number of hydrogen-bond acceptors (Lipinski definition) is 5. The van der Waals surface area contributed by atoms with Crippen LogP contribution < -0.4 is 0 Å². The topological polar surface area (TPSA) is 64.0 Å². The average molecular weight is 338 g/mol. The third-order valence-corrected chi connectivity index (χ3v) is 6.09. The van der Waals surface area contributed by atoms with Crippen LogP contribution in [0.2, 0.25) is 0 Å². The first-order valence-electron chi connectivity index (χ1n) is 8.44. The van der Waals surface area contributed by atoms with E-state index in [2.05, 4.69) is 4.90 Å². The van der Waals surface area contributed by atoms with E-state index in [0.717, 1.165) is 48.8 Å². The number of likely N-dealkylation sites (tertiary alicyclic amines) is 2. The van der Waals surface area contributed by atoms with Gasteiger partial charge in [0.1, 0.15) is 0 Å². The molecule has 2 fully saturated rings. The molecule has 1 aromatic heterocycles. The molecule has 128 valence electrons. The van der Waals surface area contributed by atoms with E-state index in [9.17, 15) is 15.0 Å². The first-order chi connectivity index (χ1) is 11.1. The van der Waals surface area contributed by atoms with E-state index in [1.165, 1.54) is 11.3 Å². The van der Waals surface area contributed by atoms with E-state index in [1.807, 2.05) is 24.0 Å². The average Bonchev–Trinajstić information content (AvgIpc) is 3.15. The SMILES string of the molecule is Cc1ccc(C(=O)N2C[C@@H](CN3CCC(O)CC3)[C@@H](CO)C2)s1. The smallest absolute Gasteiger partial charge is 0.263 e. The van der Waals surface area contributed by atoms with Crippen LogP contribution in [0.1, 0.15) is 27.4 Å². The minimum atomic E-state index is -0.163. The largest absolute Gasteiger partial charge is 0.396 e. The molecule has 0 bridgehead atoms. The monoisotopic (exact) mass is 338 g/mol. The number of rotatable bonds is 4. The summed E-state index contributed by atoms with van der Waals surface area (Å²) in [6.45, 7) is 6.24. The van der Waals surface area contributed by atoms with Gasteiger partial charge in [0.2, 0.25) is 0 Å². The molecule has 1 aromatic rings. The molecule has 2 aliphatic rings. The zero-order valence-corrected chi connectivity index (χ0v) is 14.5. The fourth-order valence-electron chi connectivity index (χ4n) is 3.66. The summed E-state index contributed by atoms with van der Waals surface area (Å²) in [5.74, 6) is 0.574. The second kappa shape index (κ2) is 7.30. The van der Waals surface area contributed by atoms with Crippen molar-refractivity contribution in [2.24, 2.45) is 11.8 Å². The van der Waals surface area contributed by atoms with Crippen LogP contribution in [0.5, 0.6) is 0 Å². The molecule has 2 saturated heterocycles. The van der Waals surface area contributed by atoms with Crippen molar-refractivity contribution in [1.82, 2.24) is 9.80 Å². The van der Waals surface area contributed by atoms with Crippen LogP contribution in [0.4, 0.5) is 0 Å². The quantitative estimate of drug-likeness (QED) is 0.866. The summed E-state index contributed by atoms with van der Waals surface area (Å²) in [6.07, 6.45) is 1.49. The maximum atomic E-state index is 12.6. The van der Waals surface area contributed by atoms with Crippen molar-refractivity contribution >= 4 is 17.2 Å². The van der Waals surface area contributed by atoms with Crippen LogP contribution in [0.25, 0.3) is 0 Å². The highest BCUT2D eigenvalue weighted by molar-refractivity contribution is 7.13. The molecule has 0 saturated carbocycles. The molecule has 2 aliphatic heterocycles. The molecule has 0 spiro atoms. The van der Waals surface area contributed by atoms with E-state index in [-0.39, 0.29) is 24.5 Å². The number of carbonyl (C=O) groups is 1. The number of aryl methyl sites for hydroxylation is 1. The lowest BCUT2D eigenvalue weighted by molar-refractivity contribution is 0.0679. The van der Waals surface area contributed by atoms with Crippen molar-refractivity contribution in [3.63, 3.8) is 0 Å². The number of piperidine rings is 1. The summed E-state index contributed by atoms with van der Waals surface area (Å²) in [5, 5.41) is 19.3. The number of nitrogens with zero attached hydrogens (tertiary/aromatic N) is 2. The molecule has 0 radical (unpaired) electrons. The Morgan fingerprint density at radius 1 is 1.26 bits per heavy atom. The van der Waals surface area contributed by atoms with Crippen molar-refractivity contribution in [2.75, 3.05) is 39.3 Å². The highest BCUT2D eigenvalue weighted by Gasteiger charge is 2.36. The van der Waals surface area contributed by atoms with E-state index in [4.69, 9.17) is 0 Å². The summed E-state index contributed by atoms with van der Waals surface area (Å²) in [6, 6.07) is 3.88. The van der Waals surface area contributed by atoms with Gasteiger partial charge in [-0.1, -0.05) is 0 Å². The Morgan fingerprint density at radius 3 is 2.57 bits per heavy atom.